The number of para-hydroxylation sites is 1. The zero-order valence-corrected chi connectivity index (χ0v) is 14.0. The lowest BCUT2D eigenvalue weighted by atomic mass is 9.96. The maximum absolute atomic E-state index is 13.1. The van der Waals surface area contributed by atoms with Gasteiger partial charge in [0.05, 0.1) is 0 Å². The third-order valence-corrected chi connectivity index (χ3v) is 4.53. The Kier molecular flexibility index (Phi) is 4.10. The minimum Gasteiger partial charge on any atom is -0.485 e. The van der Waals surface area contributed by atoms with Gasteiger partial charge in [-0.3, -0.25) is 0 Å². The number of halogens is 1. The zero-order chi connectivity index (χ0) is 17.2. The third-order valence-electron chi connectivity index (χ3n) is 4.53. The van der Waals surface area contributed by atoms with Crippen LogP contribution in [0.2, 0.25) is 0 Å². The fourth-order valence-electron chi connectivity index (χ4n) is 3.20. The average molecular weight is 334 g/mol. The molecule has 1 aliphatic rings. The molecule has 3 nitrogen and oxygen atoms in total. The van der Waals surface area contributed by atoms with E-state index in [1.54, 1.807) is 6.20 Å². The fourth-order valence-corrected chi connectivity index (χ4v) is 3.20. The lowest BCUT2D eigenvalue weighted by molar-refractivity contribution is 0.243. The van der Waals surface area contributed by atoms with Gasteiger partial charge >= 0.3 is 0 Å². The van der Waals surface area contributed by atoms with Crippen LogP contribution >= 0.6 is 0 Å². The van der Waals surface area contributed by atoms with Crippen molar-refractivity contribution in [2.24, 2.45) is 7.05 Å². The van der Waals surface area contributed by atoms with Gasteiger partial charge in [-0.2, -0.15) is 0 Å². The molecule has 3 aromatic rings. The van der Waals surface area contributed by atoms with E-state index in [1.807, 2.05) is 48.1 Å². The van der Waals surface area contributed by atoms with E-state index in [0.717, 1.165) is 41.1 Å². The van der Waals surface area contributed by atoms with E-state index in [9.17, 15) is 4.39 Å². The number of aromatic nitrogens is 2. The molecule has 2 heterocycles. The SMILES string of the molecule is Cn1ccnc1C1=Cc2ccccc2OC1CCc1ccc(F)cc1. The Hall–Kier alpha value is -2.88. The van der Waals surface area contributed by atoms with Crippen molar-refractivity contribution in [3.8, 4) is 5.75 Å². The monoisotopic (exact) mass is 334 g/mol. The number of rotatable bonds is 4. The Bertz CT molecular complexity index is 912. The summed E-state index contributed by atoms with van der Waals surface area (Å²) in [5.74, 6) is 1.60. The standard InChI is InChI=1S/C21H19FN2O/c1-24-13-12-23-21(24)18-14-16-4-2-3-5-19(16)25-20(18)11-8-15-6-9-17(22)10-7-15/h2-7,9-10,12-14,20H,8,11H2,1H3. The largest absolute Gasteiger partial charge is 0.485 e. The quantitative estimate of drug-likeness (QED) is 0.703. The Labute approximate surface area is 146 Å². The van der Waals surface area contributed by atoms with Gasteiger partial charge in [0.1, 0.15) is 23.5 Å². The highest BCUT2D eigenvalue weighted by Crippen LogP contribution is 2.35. The summed E-state index contributed by atoms with van der Waals surface area (Å²) in [5.41, 5.74) is 3.25. The lowest BCUT2D eigenvalue weighted by Gasteiger charge is -2.27. The maximum Gasteiger partial charge on any atom is 0.139 e. The molecule has 1 aromatic heterocycles. The molecular formula is C21H19FN2O. The molecule has 2 aromatic carbocycles. The van der Waals surface area contributed by atoms with Gasteiger partial charge in [0.2, 0.25) is 0 Å². The molecule has 1 unspecified atom stereocenters. The van der Waals surface area contributed by atoms with Gasteiger partial charge in [0, 0.05) is 30.6 Å². The number of ether oxygens (including phenoxy) is 1. The van der Waals surface area contributed by atoms with Gasteiger partial charge in [0.25, 0.3) is 0 Å². The summed E-state index contributed by atoms with van der Waals surface area (Å²) in [4.78, 5) is 4.49. The third kappa shape index (κ3) is 3.20. The van der Waals surface area contributed by atoms with Gasteiger partial charge in [0.15, 0.2) is 0 Å². The molecule has 126 valence electrons. The van der Waals surface area contributed by atoms with Crippen LogP contribution in [0.1, 0.15) is 23.4 Å². The molecule has 4 rings (SSSR count). The number of nitrogens with zero attached hydrogens (tertiary/aromatic N) is 2. The predicted octanol–water partition coefficient (Wildman–Crippen LogP) is 4.49. The first-order valence-corrected chi connectivity index (χ1v) is 8.40. The Morgan fingerprint density at radius 2 is 1.92 bits per heavy atom. The Morgan fingerprint density at radius 1 is 1.12 bits per heavy atom. The van der Waals surface area contributed by atoms with Crippen LogP contribution in [0.15, 0.2) is 60.9 Å². The normalized spacial score (nSPS) is 16.1. The second-order valence-corrected chi connectivity index (χ2v) is 6.27. The second-order valence-electron chi connectivity index (χ2n) is 6.27. The summed E-state index contributed by atoms with van der Waals surface area (Å²) in [6.07, 6.45) is 7.44. The second kappa shape index (κ2) is 6.55. The molecule has 0 amide bonds. The van der Waals surface area contributed by atoms with Crippen molar-refractivity contribution in [1.29, 1.82) is 0 Å². The maximum atomic E-state index is 13.1. The molecule has 0 bridgehead atoms. The van der Waals surface area contributed by atoms with Crippen molar-refractivity contribution in [2.45, 2.75) is 18.9 Å². The zero-order valence-electron chi connectivity index (χ0n) is 14.0. The molecule has 0 fully saturated rings. The minimum absolute atomic E-state index is 0.0824. The molecule has 0 radical (unpaired) electrons. The first-order valence-electron chi connectivity index (χ1n) is 8.40. The first-order chi connectivity index (χ1) is 12.2. The summed E-state index contributed by atoms with van der Waals surface area (Å²) in [6.45, 7) is 0. The van der Waals surface area contributed by atoms with Gasteiger partial charge in [-0.1, -0.05) is 30.3 Å². The van der Waals surface area contributed by atoms with Crippen LogP contribution in [0.25, 0.3) is 11.6 Å². The first kappa shape index (κ1) is 15.6. The molecule has 0 saturated carbocycles. The van der Waals surface area contributed by atoms with E-state index in [0.29, 0.717) is 0 Å². The number of hydrogen-bond donors (Lipinski definition) is 0. The Balaban J connectivity index is 1.63. The molecule has 1 aliphatic heterocycles. The fraction of sp³-hybridized carbons (Fsp3) is 0.190. The molecule has 4 heteroatoms. The number of hydrogen-bond acceptors (Lipinski definition) is 2. The Morgan fingerprint density at radius 3 is 2.68 bits per heavy atom. The highest BCUT2D eigenvalue weighted by Gasteiger charge is 2.26. The van der Waals surface area contributed by atoms with Crippen LogP contribution in [0, 0.1) is 5.82 Å². The lowest BCUT2D eigenvalue weighted by Crippen LogP contribution is -2.24. The predicted molar refractivity (Wildman–Crippen MR) is 96.7 cm³/mol. The van der Waals surface area contributed by atoms with Crippen LogP contribution in [0.3, 0.4) is 0 Å². The van der Waals surface area contributed by atoms with E-state index < -0.39 is 0 Å². The molecule has 25 heavy (non-hydrogen) atoms. The average Bonchev–Trinajstić information content (AvgIpc) is 3.06. The molecule has 0 spiro atoms. The topological polar surface area (TPSA) is 27.1 Å². The molecule has 1 atom stereocenters. The van der Waals surface area contributed by atoms with Gasteiger partial charge < -0.3 is 9.30 Å². The number of benzene rings is 2. The molecule has 0 N–H and O–H groups in total. The van der Waals surface area contributed by atoms with Gasteiger partial charge in [-0.25, -0.2) is 9.37 Å². The van der Waals surface area contributed by atoms with Gasteiger partial charge in [-0.05, 0) is 42.7 Å². The van der Waals surface area contributed by atoms with Crippen molar-refractivity contribution in [1.82, 2.24) is 9.55 Å². The molecular weight excluding hydrogens is 315 g/mol. The summed E-state index contributed by atoms with van der Waals surface area (Å²) in [5, 5.41) is 0. The van der Waals surface area contributed by atoms with E-state index in [4.69, 9.17) is 4.74 Å². The summed E-state index contributed by atoms with van der Waals surface area (Å²) >= 11 is 0. The highest BCUT2D eigenvalue weighted by atomic mass is 19.1. The van der Waals surface area contributed by atoms with Gasteiger partial charge in [-0.15, -0.1) is 0 Å². The van der Waals surface area contributed by atoms with E-state index in [2.05, 4.69) is 17.1 Å². The molecule has 0 saturated heterocycles. The van der Waals surface area contributed by atoms with Crippen molar-refractivity contribution in [3.05, 3.63) is 83.7 Å². The minimum atomic E-state index is -0.208. The van der Waals surface area contributed by atoms with Crippen molar-refractivity contribution >= 4 is 11.6 Å². The van der Waals surface area contributed by atoms with Crippen LogP contribution in [-0.2, 0) is 13.5 Å². The number of imidazole rings is 1. The van der Waals surface area contributed by atoms with Crippen LogP contribution in [0.5, 0.6) is 5.75 Å². The summed E-state index contributed by atoms with van der Waals surface area (Å²) in [7, 11) is 1.99. The van der Waals surface area contributed by atoms with Crippen molar-refractivity contribution in [2.75, 3.05) is 0 Å². The number of fused-ring (bicyclic) bond motifs is 1. The van der Waals surface area contributed by atoms with Crippen LogP contribution < -0.4 is 4.74 Å². The highest BCUT2D eigenvalue weighted by molar-refractivity contribution is 5.85. The smallest absolute Gasteiger partial charge is 0.139 e. The van der Waals surface area contributed by atoms with E-state index >= 15 is 0 Å². The van der Waals surface area contributed by atoms with Crippen LogP contribution in [0.4, 0.5) is 4.39 Å². The van der Waals surface area contributed by atoms with Crippen molar-refractivity contribution in [3.63, 3.8) is 0 Å². The van der Waals surface area contributed by atoms with E-state index in [1.165, 1.54) is 12.1 Å². The van der Waals surface area contributed by atoms with Crippen molar-refractivity contribution < 1.29 is 9.13 Å². The number of aryl methyl sites for hydroxylation is 2. The summed E-state index contributed by atoms with van der Waals surface area (Å²) < 4.78 is 21.4. The summed E-state index contributed by atoms with van der Waals surface area (Å²) in [6, 6.07) is 14.7. The van der Waals surface area contributed by atoms with Crippen LogP contribution in [-0.4, -0.2) is 15.7 Å². The molecule has 0 aliphatic carbocycles. The van der Waals surface area contributed by atoms with E-state index in [-0.39, 0.29) is 11.9 Å².